The van der Waals surface area contributed by atoms with Crippen molar-refractivity contribution >= 4 is 22.0 Å². The number of ether oxygens (including phenoxy) is 1. The van der Waals surface area contributed by atoms with E-state index in [9.17, 15) is 31.2 Å². The van der Waals surface area contributed by atoms with Gasteiger partial charge in [-0.05, 0) is 76.1 Å². The van der Waals surface area contributed by atoms with Gasteiger partial charge in [0.05, 0.1) is 10.5 Å². The van der Waals surface area contributed by atoms with Crippen LogP contribution in [0.25, 0.3) is 0 Å². The summed E-state index contributed by atoms with van der Waals surface area (Å²) in [4.78, 5) is 26.9. The average Bonchev–Trinajstić information content (AvgIpc) is 3.38. The molecule has 1 N–H and O–H groups in total. The molecule has 1 heterocycles. The zero-order valence-corrected chi connectivity index (χ0v) is 22.7. The molecule has 0 bridgehead atoms. The van der Waals surface area contributed by atoms with E-state index in [2.05, 4.69) is 5.32 Å². The minimum atomic E-state index is -4.55. The summed E-state index contributed by atoms with van der Waals surface area (Å²) in [5.74, 6) is -0.407. The molecule has 208 valence electrons. The van der Waals surface area contributed by atoms with E-state index in [0.29, 0.717) is 19.3 Å². The van der Waals surface area contributed by atoms with Crippen LogP contribution in [-0.4, -0.2) is 67.4 Å². The predicted molar refractivity (Wildman–Crippen MR) is 131 cm³/mol. The monoisotopic (exact) mass is 547 g/mol. The second-order valence-corrected chi connectivity index (χ2v) is 12.8. The van der Waals surface area contributed by atoms with Gasteiger partial charge in [-0.3, -0.25) is 9.69 Å². The quantitative estimate of drug-likeness (QED) is 0.551. The molecule has 1 aliphatic carbocycles. The average molecular weight is 548 g/mol. The van der Waals surface area contributed by atoms with Crippen LogP contribution in [0, 0.1) is 11.8 Å². The number of hydrogen-bond acceptors (Lipinski definition) is 5. The fourth-order valence-corrected chi connectivity index (χ4v) is 6.61. The molecule has 1 unspecified atom stereocenters. The Morgan fingerprint density at radius 2 is 1.76 bits per heavy atom. The molecule has 8 nitrogen and oxygen atoms in total. The molecule has 1 saturated carbocycles. The van der Waals surface area contributed by atoms with Gasteiger partial charge in [-0.2, -0.15) is 17.5 Å². The molecular formula is C25H36F3N3O5S. The Kier molecular flexibility index (Phi) is 8.53. The van der Waals surface area contributed by atoms with E-state index in [4.69, 9.17) is 4.74 Å². The third-order valence-electron chi connectivity index (χ3n) is 6.98. The van der Waals surface area contributed by atoms with Gasteiger partial charge in [0.1, 0.15) is 11.6 Å². The highest BCUT2D eigenvalue weighted by Gasteiger charge is 2.47. The summed E-state index contributed by atoms with van der Waals surface area (Å²) in [6, 6.07) is 2.49. The molecule has 0 spiro atoms. The van der Waals surface area contributed by atoms with Crippen LogP contribution >= 0.6 is 0 Å². The summed E-state index contributed by atoms with van der Waals surface area (Å²) in [5.41, 5.74) is -1.62. The number of carbonyl (C=O) groups is 2. The molecule has 1 aromatic rings. The van der Waals surface area contributed by atoms with Crippen LogP contribution in [0.5, 0.6) is 0 Å². The summed E-state index contributed by atoms with van der Waals surface area (Å²) in [7, 11) is -2.45. The van der Waals surface area contributed by atoms with Crippen molar-refractivity contribution in [2.75, 3.05) is 20.1 Å². The van der Waals surface area contributed by atoms with Crippen LogP contribution in [0.2, 0.25) is 0 Å². The van der Waals surface area contributed by atoms with Crippen molar-refractivity contribution in [3.63, 3.8) is 0 Å². The summed E-state index contributed by atoms with van der Waals surface area (Å²) in [6.07, 6.45) is -2.64. The summed E-state index contributed by atoms with van der Waals surface area (Å²) in [6.45, 7) is 7.57. The first-order valence-corrected chi connectivity index (χ1v) is 13.9. The zero-order valence-electron chi connectivity index (χ0n) is 21.8. The Balaban J connectivity index is 1.68. The number of carbonyl (C=O) groups excluding carboxylic acids is 2. The highest BCUT2D eigenvalue weighted by Crippen LogP contribution is 2.40. The lowest BCUT2D eigenvalue weighted by Crippen LogP contribution is -2.52. The van der Waals surface area contributed by atoms with Gasteiger partial charge in [0, 0.05) is 26.2 Å². The molecule has 12 heteroatoms. The van der Waals surface area contributed by atoms with Crippen LogP contribution in [0.3, 0.4) is 0 Å². The van der Waals surface area contributed by atoms with E-state index < -0.39 is 39.5 Å². The molecule has 2 aliphatic rings. The number of amides is 2. The predicted octanol–water partition coefficient (Wildman–Crippen LogP) is 4.26. The van der Waals surface area contributed by atoms with Crippen LogP contribution in [0.4, 0.5) is 18.0 Å². The number of hydrogen-bond donors (Lipinski definition) is 1. The van der Waals surface area contributed by atoms with Gasteiger partial charge in [-0.15, -0.1) is 0 Å². The van der Waals surface area contributed by atoms with E-state index in [1.807, 2.05) is 6.92 Å². The van der Waals surface area contributed by atoms with Crippen molar-refractivity contribution in [2.24, 2.45) is 11.8 Å². The Bertz CT molecular complexity index is 1090. The van der Waals surface area contributed by atoms with Gasteiger partial charge < -0.3 is 10.1 Å². The Morgan fingerprint density at radius 3 is 2.30 bits per heavy atom. The van der Waals surface area contributed by atoms with Crippen LogP contribution in [-0.2, 0) is 25.7 Å². The van der Waals surface area contributed by atoms with Gasteiger partial charge in [0.2, 0.25) is 15.9 Å². The van der Waals surface area contributed by atoms with E-state index in [-0.39, 0.29) is 41.8 Å². The standard InChI is InChI=1S/C25H36F3N3O5S/c1-6-7-21(30(5)23(33)36-24(2,3)4)22(32)29-20-13-8-16-14-31(15-19(16)20)37(34,35)18-11-9-17(10-12-18)25(26,27)28/h9-12,16,19-21H,6-8,13-15H2,1-5H3,(H,29,32)/t16-,19+,20+,21?/m0/s1. The summed E-state index contributed by atoms with van der Waals surface area (Å²) >= 11 is 0. The first-order chi connectivity index (χ1) is 17.0. The van der Waals surface area contributed by atoms with E-state index in [1.165, 1.54) is 16.3 Å². The largest absolute Gasteiger partial charge is 0.444 e. The first kappa shape index (κ1) is 29.2. The lowest BCUT2D eigenvalue weighted by Gasteiger charge is -2.31. The lowest BCUT2D eigenvalue weighted by atomic mass is 9.97. The number of fused-ring (bicyclic) bond motifs is 1. The Hall–Kier alpha value is -2.34. The van der Waals surface area contributed by atoms with Gasteiger partial charge in [-0.25, -0.2) is 13.2 Å². The number of benzene rings is 1. The molecule has 2 amide bonds. The number of nitrogens with one attached hydrogen (secondary N) is 1. The third-order valence-corrected chi connectivity index (χ3v) is 8.83. The fourth-order valence-electron chi connectivity index (χ4n) is 5.08. The first-order valence-electron chi connectivity index (χ1n) is 12.5. The molecular weight excluding hydrogens is 511 g/mol. The molecule has 0 radical (unpaired) electrons. The maximum Gasteiger partial charge on any atom is 0.416 e. The minimum Gasteiger partial charge on any atom is -0.444 e. The highest BCUT2D eigenvalue weighted by atomic mass is 32.2. The van der Waals surface area contributed by atoms with Crippen LogP contribution < -0.4 is 5.32 Å². The van der Waals surface area contributed by atoms with Crippen molar-refractivity contribution in [1.82, 2.24) is 14.5 Å². The van der Waals surface area contributed by atoms with Gasteiger partial charge >= 0.3 is 12.3 Å². The van der Waals surface area contributed by atoms with Crippen molar-refractivity contribution in [3.8, 4) is 0 Å². The van der Waals surface area contributed by atoms with Crippen molar-refractivity contribution < 1.29 is 35.9 Å². The number of rotatable bonds is 7. The van der Waals surface area contributed by atoms with Crippen molar-refractivity contribution in [3.05, 3.63) is 29.8 Å². The number of nitrogens with zero attached hydrogens (tertiary/aromatic N) is 2. The smallest absolute Gasteiger partial charge is 0.416 e. The van der Waals surface area contributed by atoms with E-state index in [0.717, 1.165) is 30.7 Å². The maximum absolute atomic E-state index is 13.2. The molecule has 1 aliphatic heterocycles. The molecule has 2 fully saturated rings. The van der Waals surface area contributed by atoms with Crippen molar-refractivity contribution in [1.29, 1.82) is 0 Å². The highest BCUT2D eigenvalue weighted by molar-refractivity contribution is 7.89. The maximum atomic E-state index is 13.2. The fraction of sp³-hybridized carbons (Fsp3) is 0.680. The van der Waals surface area contributed by atoms with Crippen molar-refractivity contribution in [2.45, 2.75) is 82.1 Å². The SMILES string of the molecule is CCCC(C(=O)N[C@@H]1CC[C@H]2CN(S(=O)(=O)c3ccc(C(F)(F)F)cc3)C[C@H]21)N(C)C(=O)OC(C)(C)C. The number of halogens is 3. The molecule has 1 aromatic carbocycles. The number of alkyl halides is 3. The van der Waals surface area contributed by atoms with Gasteiger partial charge in [0.15, 0.2) is 0 Å². The Labute approximate surface area is 216 Å². The van der Waals surface area contributed by atoms with Gasteiger partial charge in [-0.1, -0.05) is 13.3 Å². The normalized spacial score (nSPS) is 23.4. The molecule has 4 atom stereocenters. The topological polar surface area (TPSA) is 96.0 Å². The second-order valence-electron chi connectivity index (χ2n) is 10.9. The zero-order chi connectivity index (χ0) is 27.8. The number of sulfonamides is 1. The van der Waals surface area contributed by atoms with E-state index in [1.54, 1.807) is 20.8 Å². The molecule has 1 saturated heterocycles. The van der Waals surface area contributed by atoms with Crippen LogP contribution in [0.15, 0.2) is 29.2 Å². The van der Waals surface area contributed by atoms with Crippen LogP contribution in [0.1, 0.15) is 58.9 Å². The minimum absolute atomic E-state index is 0.0303. The molecule has 3 rings (SSSR count). The number of likely N-dealkylation sites (N-methyl/N-ethyl adjacent to an activating group) is 1. The lowest BCUT2D eigenvalue weighted by molar-refractivity contribution is -0.137. The molecule has 0 aromatic heterocycles. The van der Waals surface area contributed by atoms with Gasteiger partial charge in [0.25, 0.3) is 0 Å². The molecule has 37 heavy (non-hydrogen) atoms. The third kappa shape index (κ3) is 6.76. The summed E-state index contributed by atoms with van der Waals surface area (Å²) < 4.78 is 71.6. The second kappa shape index (κ2) is 10.8. The Morgan fingerprint density at radius 1 is 1.14 bits per heavy atom. The summed E-state index contributed by atoms with van der Waals surface area (Å²) in [5, 5.41) is 3.03. The van der Waals surface area contributed by atoms with E-state index >= 15 is 0 Å².